The van der Waals surface area contributed by atoms with Gasteiger partial charge < -0.3 is 25.6 Å². The molecule has 0 fully saturated rings. The molecular weight excluding hydrogens is 518 g/mol. The van der Waals surface area contributed by atoms with Crippen molar-refractivity contribution in [1.29, 1.82) is 0 Å². The minimum absolute atomic E-state index is 0.159. The number of nitrogens with zero attached hydrogens (tertiary/aromatic N) is 2. The van der Waals surface area contributed by atoms with Crippen LogP contribution >= 0.6 is 0 Å². The van der Waals surface area contributed by atoms with Gasteiger partial charge in [0.2, 0.25) is 17.6 Å². The molecule has 2 rings (SSSR count). The summed E-state index contributed by atoms with van der Waals surface area (Å²) in [5.41, 5.74) is -0.214. The molecule has 1 unspecified atom stereocenters. The maximum absolute atomic E-state index is 13.4. The molecule has 1 aromatic carbocycles. The first-order valence-corrected chi connectivity index (χ1v) is 13.2. The average molecular weight is 556 g/mol. The number of nitrogens with one attached hydrogen (secondary N) is 3. The van der Waals surface area contributed by atoms with Crippen LogP contribution < -0.4 is 21.5 Å². The van der Waals surface area contributed by atoms with Crippen LogP contribution in [0.3, 0.4) is 0 Å². The van der Waals surface area contributed by atoms with Crippen molar-refractivity contribution >= 4 is 35.3 Å². The summed E-state index contributed by atoms with van der Waals surface area (Å²) < 4.78 is 1.14. The number of likely N-dealkylation sites (N-methyl/N-ethyl adjacent to an activating group) is 1. The molecule has 0 aliphatic heterocycles. The number of anilines is 1. The number of benzene rings is 1. The molecule has 1 aromatic heterocycles. The summed E-state index contributed by atoms with van der Waals surface area (Å²) >= 11 is 0. The van der Waals surface area contributed by atoms with Crippen molar-refractivity contribution in [2.24, 2.45) is 5.92 Å². The van der Waals surface area contributed by atoms with E-state index in [1.54, 1.807) is 30.3 Å². The van der Waals surface area contributed by atoms with E-state index in [0.29, 0.717) is 18.0 Å². The van der Waals surface area contributed by atoms with Crippen LogP contribution in [0, 0.1) is 5.92 Å². The summed E-state index contributed by atoms with van der Waals surface area (Å²) in [6, 6.07) is 9.98. The molecule has 12 nitrogen and oxygen atoms in total. The Kier molecular flexibility index (Phi) is 12.5. The zero-order valence-electron chi connectivity index (χ0n) is 23.0. The number of carboxylic acid groups (broad SMARTS) is 1. The first kappa shape index (κ1) is 31.7. The lowest BCUT2D eigenvalue weighted by molar-refractivity contribution is -0.138. The molecule has 0 aliphatic carbocycles. The predicted molar refractivity (Wildman–Crippen MR) is 149 cm³/mol. The standard InChI is InChI=1S/C28H37N5O7/c1-4-19(5-2)16-30-24(35)18-32-15-9-12-21(27(32)38)31-25(36)22(13-14-23(34)26(37)29-3)33(28(39)40)17-20-10-7-6-8-11-20/h6-12,15,19,22H,4-5,13-14,16-18H2,1-3H3,(H,29,37)(H,30,35)(H,31,36)(H,39,40). The number of carbonyl (C=O) groups excluding carboxylic acids is 4. The van der Waals surface area contributed by atoms with Crippen molar-refractivity contribution in [3.8, 4) is 0 Å². The number of Topliss-reactive ketones (excluding diaryl/α,β-unsaturated/α-hetero) is 1. The Morgan fingerprint density at radius 3 is 2.27 bits per heavy atom. The number of amides is 4. The van der Waals surface area contributed by atoms with Crippen molar-refractivity contribution in [2.45, 2.75) is 58.7 Å². The molecule has 216 valence electrons. The van der Waals surface area contributed by atoms with Crippen LogP contribution in [-0.4, -0.2) is 63.8 Å². The van der Waals surface area contributed by atoms with E-state index in [9.17, 15) is 33.9 Å². The average Bonchev–Trinajstić information content (AvgIpc) is 2.95. The highest BCUT2D eigenvalue weighted by Gasteiger charge is 2.31. The molecular formula is C28H37N5O7. The first-order valence-electron chi connectivity index (χ1n) is 13.2. The second-order valence-electron chi connectivity index (χ2n) is 9.28. The third-order valence-corrected chi connectivity index (χ3v) is 6.58. The maximum atomic E-state index is 13.4. The summed E-state index contributed by atoms with van der Waals surface area (Å²) in [6.07, 6.45) is 1.11. The van der Waals surface area contributed by atoms with Crippen molar-refractivity contribution in [3.63, 3.8) is 0 Å². The first-order chi connectivity index (χ1) is 19.1. The monoisotopic (exact) mass is 555 g/mol. The molecule has 1 heterocycles. The van der Waals surface area contributed by atoms with Gasteiger partial charge in [0.25, 0.3) is 11.5 Å². The third-order valence-electron chi connectivity index (χ3n) is 6.58. The Morgan fingerprint density at radius 1 is 1.00 bits per heavy atom. The van der Waals surface area contributed by atoms with E-state index in [0.717, 1.165) is 22.3 Å². The highest BCUT2D eigenvalue weighted by atomic mass is 16.4. The van der Waals surface area contributed by atoms with E-state index in [1.807, 2.05) is 13.8 Å². The summed E-state index contributed by atoms with van der Waals surface area (Å²) in [5, 5.41) is 17.4. The predicted octanol–water partition coefficient (Wildman–Crippen LogP) is 1.98. The smallest absolute Gasteiger partial charge is 0.408 e. The number of pyridine rings is 1. The lowest BCUT2D eigenvalue weighted by atomic mass is 10.0. The van der Waals surface area contributed by atoms with Crippen LogP contribution in [0.15, 0.2) is 53.5 Å². The van der Waals surface area contributed by atoms with Gasteiger partial charge in [0.05, 0.1) is 0 Å². The zero-order valence-corrected chi connectivity index (χ0v) is 23.0. The fourth-order valence-electron chi connectivity index (χ4n) is 4.06. The second kappa shape index (κ2) is 15.8. The van der Waals surface area contributed by atoms with E-state index < -0.39 is 41.7 Å². The van der Waals surface area contributed by atoms with Gasteiger partial charge in [-0.15, -0.1) is 0 Å². The van der Waals surface area contributed by atoms with Crippen LogP contribution in [0.2, 0.25) is 0 Å². The van der Waals surface area contributed by atoms with E-state index in [4.69, 9.17) is 0 Å². The lowest BCUT2D eigenvalue weighted by Crippen LogP contribution is -2.47. The second-order valence-corrected chi connectivity index (χ2v) is 9.28. The molecule has 2 aromatic rings. The van der Waals surface area contributed by atoms with E-state index in [-0.39, 0.29) is 31.1 Å². The summed E-state index contributed by atoms with van der Waals surface area (Å²) in [7, 11) is 1.29. The van der Waals surface area contributed by atoms with Gasteiger partial charge in [0.15, 0.2) is 0 Å². The minimum Gasteiger partial charge on any atom is -0.465 e. The number of aromatic nitrogens is 1. The molecule has 0 saturated heterocycles. The summed E-state index contributed by atoms with van der Waals surface area (Å²) in [5.74, 6) is -2.56. The highest BCUT2D eigenvalue weighted by Crippen LogP contribution is 2.16. The maximum Gasteiger partial charge on any atom is 0.408 e. The van der Waals surface area contributed by atoms with Gasteiger partial charge in [-0.3, -0.25) is 28.9 Å². The summed E-state index contributed by atoms with van der Waals surface area (Å²) in [6.45, 7) is 4.12. The molecule has 0 saturated carbocycles. The van der Waals surface area contributed by atoms with Gasteiger partial charge in [0, 0.05) is 32.8 Å². The molecule has 0 bridgehead atoms. The number of ketones is 1. The Balaban J connectivity index is 2.27. The molecule has 0 spiro atoms. The van der Waals surface area contributed by atoms with Gasteiger partial charge in [-0.2, -0.15) is 0 Å². The van der Waals surface area contributed by atoms with Gasteiger partial charge in [0.1, 0.15) is 18.3 Å². The Labute approximate surface area is 232 Å². The lowest BCUT2D eigenvalue weighted by Gasteiger charge is -2.28. The van der Waals surface area contributed by atoms with Crippen molar-refractivity contribution < 1.29 is 29.1 Å². The SMILES string of the molecule is CCC(CC)CNC(=O)Cn1cccc(NC(=O)C(CCC(=O)C(=O)NC)N(Cc2ccccc2)C(=O)O)c1=O. The summed E-state index contributed by atoms with van der Waals surface area (Å²) in [4.78, 5) is 75.7. The van der Waals surface area contributed by atoms with E-state index >= 15 is 0 Å². The van der Waals surface area contributed by atoms with Crippen molar-refractivity contribution in [3.05, 3.63) is 64.6 Å². The van der Waals surface area contributed by atoms with Gasteiger partial charge in [-0.1, -0.05) is 57.0 Å². The Morgan fingerprint density at radius 2 is 1.68 bits per heavy atom. The third kappa shape index (κ3) is 9.37. The van der Waals surface area contributed by atoms with Crippen LogP contribution in [0.25, 0.3) is 0 Å². The molecule has 4 N–H and O–H groups in total. The molecule has 1 atom stereocenters. The molecule has 0 radical (unpaired) electrons. The van der Waals surface area contributed by atoms with Crippen LogP contribution in [-0.2, 0) is 32.3 Å². The molecule has 12 heteroatoms. The quantitative estimate of drug-likeness (QED) is 0.244. The number of hydrogen-bond acceptors (Lipinski definition) is 6. The minimum atomic E-state index is -1.42. The van der Waals surface area contributed by atoms with Gasteiger partial charge >= 0.3 is 6.09 Å². The van der Waals surface area contributed by atoms with Crippen LogP contribution in [0.4, 0.5) is 10.5 Å². The Bertz CT molecular complexity index is 1240. The highest BCUT2D eigenvalue weighted by molar-refractivity contribution is 6.36. The normalized spacial score (nSPS) is 11.4. The van der Waals surface area contributed by atoms with Crippen molar-refractivity contribution in [2.75, 3.05) is 18.9 Å². The number of hydrogen-bond donors (Lipinski definition) is 4. The molecule has 40 heavy (non-hydrogen) atoms. The van der Waals surface area contributed by atoms with E-state index in [1.165, 1.54) is 25.4 Å². The molecule has 4 amide bonds. The zero-order chi connectivity index (χ0) is 29.7. The fraction of sp³-hybridized carbons (Fsp3) is 0.429. The van der Waals surface area contributed by atoms with Gasteiger partial charge in [-0.25, -0.2) is 4.79 Å². The van der Waals surface area contributed by atoms with Gasteiger partial charge in [-0.05, 0) is 30.0 Å². The van der Waals surface area contributed by atoms with E-state index in [2.05, 4.69) is 16.0 Å². The topological polar surface area (TPSA) is 167 Å². The fourth-order valence-corrected chi connectivity index (χ4v) is 4.06. The Hall–Kier alpha value is -4.48. The number of rotatable bonds is 15. The van der Waals surface area contributed by atoms with Crippen molar-refractivity contribution in [1.82, 2.24) is 20.1 Å². The number of carbonyl (C=O) groups is 5. The molecule has 0 aliphatic rings. The van der Waals surface area contributed by atoms with Crippen LogP contribution in [0.1, 0.15) is 45.1 Å². The largest absolute Gasteiger partial charge is 0.465 e. The van der Waals surface area contributed by atoms with Crippen LogP contribution in [0.5, 0.6) is 0 Å².